The smallest absolute Gasteiger partial charge is 0.186 e. The molecule has 5 atom stereocenters. The van der Waals surface area contributed by atoms with Crippen molar-refractivity contribution >= 4 is 0 Å². The van der Waals surface area contributed by atoms with Crippen molar-refractivity contribution in [3.8, 4) is 0 Å². The van der Waals surface area contributed by atoms with Gasteiger partial charge in [0.25, 0.3) is 0 Å². The molecule has 0 bridgehead atoms. The molecule has 1 heterocycles. The summed E-state index contributed by atoms with van der Waals surface area (Å²) >= 11 is 0. The first kappa shape index (κ1) is 22.6. The third-order valence-electron chi connectivity index (χ3n) is 5.91. The maximum absolute atomic E-state index is 10.6. The zero-order chi connectivity index (χ0) is 22.6. The number of methoxy groups -OCH3 is 1. The molecule has 0 saturated carbocycles. The Bertz CT molecular complexity index is 867. The third kappa shape index (κ3) is 4.21. The molecule has 6 nitrogen and oxygen atoms in total. The summed E-state index contributed by atoms with van der Waals surface area (Å²) in [6.45, 7) is -0.0521. The fraction of sp³-hybridized carbons (Fsp3) is 0.308. The lowest BCUT2D eigenvalue weighted by Crippen LogP contribution is -2.59. The normalized spacial score (nSPS) is 26.1. The Hall–Kier alpha value is -2.58. The Morgan fingerprint density at radius 3 is 1.53 bits per heavy atom. The lowest BCUT2D eigenvalue weighted by Gasteiger charge is -2.42. The Balaban J connectivity index is 1.77. The first-order chi connectivity index (χ1) is 15.6. The molecule has 6 heteroatoms. The molecule has 1 fully saturated rings. The van der Waals surface area contributed by atoms with Crippen LogP contribution in [0.3, 0.4) is 0 Å². The molecule has 32 heavy (non-hydrogen) atoms. The van der Waals surface area contributed by atoms with Crippen LogP contribution in [0.1, 0.15) is 16.7 Å². The van der Waals surface area contributed by atoms with Crippen molar-refractivity contribution in [3.05, 3.63) is 108 Å². The molecule has 3 aromatic carbocycles. The zero-order valence-corrected chi connectivity index (χ0v) is 17.8. The van der Waals surface area contributed by atoms with Crippen LogP contribution in [0.4, 0.5) is 0 Å². The maximum Gasteiger partial charge on any atom is 0.186 e. The SMILES string of the molecule is CO[C@H]1O[C@@H](COC(c2ccccc2)(c2ccccc2)c2ccccc2)[C@@H](O)[C@@H](O)[C@@H]1O. The Labute approximate surface area is 187 Å². The largest absolute Gasteiger partial charge is 0.387 e. The van der Waals surface area contributed by atoms with E-state index in [0.717, 1.165) is 16.7 Å². The first-order valence-corrected chi connectivity index (χ1v) is 10.6. The van der Waals surface area contributed by atoms with E-state index < -0.39 is 36.3 Å². The predicted molar refractivity (Wildman–Crippen MR) is 119 cm³/mol. The summed E-state index contributed by atoms with van der Waals surface area (Å²) in [7, 11) is 1.37. The van der Waals surface area contributed by atoms with Gasteiger partial charge in [-0.25, -0.2) is 0 Å². The summed E-state index contributed by atoms with van der Waals surface area (Å²) in [5.41, 5.74) is 1.74. The Morgan fingerprint density at radius 2 is 1.12 bits per heavy atom. The van der Waals surface area contributed by atoms with Crippen LogP contribution < -0.4 is 0 Å². The standard InChI is InChI=1S/C26H28O6/c1-30-25-24(29)23(28)22(27)21(32-25)17-31-26(18-11-5-2-6-12-18,19-13-7-3-8-14-19)20-15-9-4-10-16-20/h2-16,21-25,27-29H,17H2,1H3/t21-,22+,23+,24-,25-/m0/s1. The first-order valence-electron chi connectivity index (χ1n) is 10.6. The van der Waals surface area contributed by atoms with Crippen molar-refractivity contribution in [1.29, 1.82) is 0 Å². The van der Waals surface area contributed by atoms with Gasteiger partial charge in [-0.15, -0.1) is 0 Å². The maximum atomic E-state index is 10.6. The van der Waals surface area contributed by atoms with Gasteiger partial charge in [0.1, 0.15) is 30.0 Å². The van der Waals surface area contributed by atoms with Gasteiger partial charge < -0.3 is 29.5 Å². The highest BCUT2D eigenvalue weighted by molar-refractivity contribution is 5.47. The van der Waals surface area contributed by atoms with Gasteiger partial charge in [0.05, 0.1) is 6.61 Å². The molecule has 1 aliphatic rings. The summed E-state index contributed by atoms with van der Waals surface area (Å²) in [5, 5.41) is 30.9. The number of hydrogen-bond donors (Lipinski definition) is 3. The van der Waals surface area contributed by atoms with Crippen molar-refractivity contribution in [2.45, 2.75) is 36.3 Å². The lowest BCUT2D eigenvalue weighted by atomic mass is 9.80. The van der Waals surface area contributed by atoms with Crippen LogP contribution in [0.2, 0.25) is 0 Å². The van der Waals surface area contributed by atoms with Gasteiger partial charge in [-0.05, 0) is 16.7 Å². The van der Waals surface area contributed by atoms with Gasteiger partial charge in [0.15, 0.2) is 6.29 Å². The van der Waals surface area contributed by atoms with E-state index in [1.807, 2.05) is 91.0 Å². The minimum atomic E-state index is -1.41. The molecular weight excluding hydrogens is 408 g/mol. The van der Waals surface area contributed by atoms with E-state index in [9.17, 15) is 15.3 Å². The molecule has 4 rings (SSSR count). The summed E-state index contributed by atoms with van der Waals surface area (Å²) < 4.78 is 17.5. The van der Waals surface area contributed by atoms with E-state index in [1.54, 1.807) is 0 Å². The lowest BCUT2D eigenvalue weighted by molar-refractivity contribution is -0.299. The fourth-order valence-electron chi connectivity index (χ4n) is 4.22. The van der Waals surface area contributed by atoms with Crippen LogP contribution >= 0.6 is 0 Å². The molecule has 1 aliphatic heterocycles. The van der Waals surface area contributed by atoms with Gasteiger partial charge in [0.2, 0.25) is 0 Å². The highest BCUT2D eigenvalue weighted by Crippen LogP contribution is 2.41. The van der Waals surface area contributed by atoms with Crippen molar-refractivity contribution in [2.24, 2.45) is 0 Å². The molecule has 1 saturated heterocycles. The second-order valence-electron chi connectivity index (χ2n) is 7.84. The fourth-order valence-corrected chi connectivity index (χ4v) is 4.22. The van der Waals surface area contributed by atoms with Gasteiger partial charge in [-0.3, -0.25) is 0 Å². The number of rotatable bonds is 7. The third-order valence-corrected chi connectivity index (χ3v) is 5.91. The average molecular weight is 437 g/mol. The summed E-state index contributed by atoms with van der Waals surface area (Å²) in [5.74, 6) is 0. The van der Waals surface area contributed by atoms with Gasteiger partial charge in [-0.2, -0.15) is 0 Å². The number of ether oxygens (including phenoxy) is 3. The second-order valence-corrected chi connectivity index (χ2v) is 7.84. The van der Waals surface area contributed by atoms with Crippen LogP contribution in [0.15, 0.2) is 91.0 Å². The van der Waals surface area contributed by atoms with E-state index in [-0.39, 0.29) is 6.61 Å². The Kier molecular flexibility index (Phi) is 7.01. The topological polar surface area (TPSA) is 88.4 Å². The quantitative estimate of drug-likeness (QED) is 0.493. The minimum Gasteiger partial charge on any atom is -0.387 e. The Morgan fingerprint density at radius 1 is 0.688 bits per heavy atom. The average Bonchev–Trinajstić information content (AvgIpc) is 2.86. The number of aliphatic hydroxyl groups excluding tert-OH is 3. The number of benzene rings is 3. The second kappa shape index (κ2) is 9.92. The number of aliphatic hydroxyl groups is 3. The van der Waals surface area contributed by atoms with Crippen molar-refractivity contribution in [3.63, 3.8) is 0 Å². The van der Waals surface area contributed by atoms with E-state index in [0.29, 0.717) is 0 Å². The molecule has 3 N–H and O–H groups in total. The highest BCUT2D eigenvalue weighted by Gasteiger charge is 2.46. The van der Waals surface area contributed by atoms with E-state index >= 15 is 0 Å². The van der Waals surface area contributed by atoms with E-state index in [2.05, 4.69) is 0 Å². The molecule has 0 aromatic heterocycles. The van der Waals surface area contributed by atoms with Crippen LogP contribution in [0.5, 0.6) is 0 Å². The number of hydrogen-bond acceptors (Lipinski definition) is 6. The van der Waals surface area contributed by atoms with Crippen LogP contribution in [-0.4, -0.2) is 59.7 Å². The monoisotopic (exact) mass is 436 g/mol. The van der Waals surface area contributed by atoms with Gasteiger partial charge >= 0.3 is 0 Å². The highest BCUT2D eigenvalue weighted by atomic mass is 16.7. The molecule has 3 aromatic rings. The minimum absolute atomic E-state index is 0.0521. The van der Waals surface area contributed by atoms with Crippen molar-refractivity contribution < 1.29 is 29.5 Å². The molecule has 0 aliphatic carbocycles. The molecule has 0 radical (unpaired) electrons. The summed E-state index contributed by atoms with van der Waals surface area (Å²) in [6, 6.07) is 29.5. The van der Waals surface area contributed by atoms with Gasteiger partial charge in [0, 0.05) is 7.11 Å². The van der Waals surface area contributed by atoms with E-state index in [4.69, 9.17) is 14.2 Å². The van der Waals surface area contributed by atoms with Crippen LogP contribution in [0.25, 0.3) is 0 Å². The van der Waals surface area contributed by atoms with Crippen molar-refractivity contribution in [2.75, 3.05) is 13.7 Å². The molecule has 0 unspecified atom stereocenters. The van der Waals surface area contributed by atoms with Crippen molar-refractivity contribution in [1.82, 2.24) is 0 Å². The van der Waals surface area contributed by atoms with Gasteiger partial charge in [-0.1, -0.05) is 91.0 Å². The summed E-state index contributed by atoms with van der Waals surface area (Å²) in [4.78, 5) is 0. The molecular formula is C26H28O6. The molecule has 0 amide bonds. The van der Waals surface area contributed by atoms with E-state index in [1.165, 1.54) is 7.11 Å². The predicted octanol–water partition coefficient (Wildman–Crippen LogP) is 2.45. The van der Waals surface area contributed by atoms with Crippen LogP contribution in [-0.2, 0) is 19.8 Å². The summed E-state index contributed by atoms with van der Waals surface area (Å²) in [6.07, 6.45) is -6.08. The molecule has 0 spiro atoms. The zero-order valence-electron chi connectivity index (χ0n) is 17.8. The molecule has 168 valence electrons. The van der Waals surface area contributed by atoms with Crippen LogP contribution in [0, 0.1) is 0 Å².